The van der Waals surface area contributed by atoms with Gasteiger partial charge in [-0.1, -0.05) is 41.9 Å². The average Bonchev–Trinajstić information content (AvgIpc) is 3.04. The van der Waals surface area contributed by atoms with Crippen molar-refractivity contribution >= 4 is 34.4 Å². The van der Waals surface area contributed by atoms with Gasteiger partial charge in [0.05, 0.1) is 5.52 Å². The second kappa shape index (κ2) is 7.81. The first kappa shape index (κ1) is 17.0. The van der Waals surface area contributed by atoms with Gasteiger partial charge in [0.1, 0.15) is 0 Å². The maximum Gasteiger partial charge on any atom is 0.359 e. The first-order chi connectivity index (χ1) is 12.1. The molecule has 0 saturated carbocycles. The van der Waals surface area contributed by atoms with E-state index in [0.29, 0.717) is 23.4 Å². The number of H-pyrrole nitrogens is 1. The lowest BCUT2D eigenvalue weighted by Crippen LogP contribution is -2.30. The average molecular weight is 358 g/mol. The molecule has 0 aliphatic heterocycles. The van der Waals surface area contributed by atoms with Crippen LogP contribution in [0, 0.1) is 0 Å². The molecule has 2 aromatic carbocycles. The number of carbonyl (C=O) groups excluding carboxylic acids is 2. The van der Waals surface area contributed by atoms with Crippen molar-refractivity contribution in [3.05, 3.63) is 64.8 Å². The molecule has 1 heterocycles. The van der Waals surface area contributed by atoms with Crippen molar-refractivity contribution in [1.82, 2.24) is 15.5 Å². The highest BCUT2D eigenvalue weighted by atomic mass is 35.5. The molecule has 25 heavy (non-hydrogen) atoms. The number of para-hydroxylation sites is 1. The maximum atomic E-state index is 12.1. The van der Waals surface area contributed by atoms with E-state index in [2.05, 4.69) is 15.5 Å². The van der Waals surface area contributed by atoms with E-state index in [-0.39, 0.29) is 18.2 Å². The Balaban J connectivity index is 1.46. The number of hydrogen-bond donors (Lipinski definition) is 2. The van der Waals surface area contributed by atoms with Gasteiger partial charge in [-0.05, 0) is 30.2 Å². The van der Waals surface area contributed by atoms with Gasteiger partial charge >= 0.3 is 5.97 Å². The molecule has 0 radical (unpaired) electrons. The summed E-state index contributed by atoms with van der Waals surface area (Å²) in [7, 11) is 0. The number of nitrogens with one attached hydrogen (secondary N) is 2. The quantitative estimate of drug-likeness (QED) is 0.664. The summed E-state index contributed by atoms with van der Waals surface area (Å²) in [5.74, 6) is -1.00. The third-order valence-electron chi connectivity index (χ3n) is 3.62. The van der Waals surface area contributed by atoms with Crippen LogP contribution < -0.4 is 5.32 Å². The Kier molecular flexibility index (Phi) is 5.30. The number of fused-ring (bicyclic) bond motifs is 1. The molecule has 0 unspecified atom stereocenters. The Morgan fingerprint density at radius 1 is 1.16 bits per heavy atom. The molecule has 0 atom stereocenters. The molecule has 0 fully saturated rings. The predicted molar refractivity (Wildman–Crippen MR) is 94.5 cm³/mol. The zero-order chi connectivity index (χ0) is 17.6. The lowest BCUT2D eigenvalue weighted by Gasteiger charge is -2.06. The van der Waals surface area contributed by atoms with Crippen LogP contribution in [0.1, 0.15) is 16.1 Å². The highest BCUT2D eigenvalue weighted by Gasteiger charge is 2.16. The van der Waals surface area contributed by atoms with E-state index in [1.54, 1.807) is 18.2 Å². The lowest BCUT2D eigenvalue weighted by molar-refractivity contribution is -0.124. The number of esters is 1. The normalized spacial score (nSPS) is 10.6. The molecule has 1 aromatic heterocycles. The van der Waals surface area contributed by atoms with Crippen LogP contribution in [0.15, 0.2) is 48.5 Å². The number of amides is 1. The molecular formula is C18H16ClN3O3. The van der Waals surface area contributed by atoms with Gasteiger partial charge in [0, 0.05) is 17.0 Å². The molecule has 0 aliphatic rings. The second-order valence-electron chi connectivity index (χ2n) is 5.42. The number of hydrogen-bond acceptors (Lipinski definition) is 4. The van der Waals surface area contributed by atoms with Gasteiger partial charge < -0.3 is 10.1 Å². The summed E-state index contributed by atoms with van der Waals surface area (Å²) >= 11 is 5.91. The Morgan fingerprint density at radius 3 is 2.84 bits per heavy atom. The number of ether oxygens (including phenoxy) is 1. The molecular weight excluding hydrogens is 342 g/mol. The van der Waals surface area contributed by atoms with Crippen LogP contribution in [0.25, 0.3) is 10.9 Å². The summed E-state index contributed by atoms with van der Waals surface area (Å²) in [5.41, 5.74) is 1.93. The Labute approximate surface area is 149 Å². The van der Waals surface area contributed by atoms with Crippen LogP contribution in [-0.2, 0) is 16.0 Å². The summed E-state index contributed by atoms with van der Waals surface area (Å²) in [6.45, 7) is 0.0810. The van der Waals surface area contributed by atoms with Gasteiger partial charge in [-0.25, -0.2) is 4.79 Å². The fourth-order valence-electron chi connectivity index (χ4n) is 2.41. The van der Waals surface area contributed by atoms with Crippen molar-refractivity contribution in [1.29, 1.82) is 0 Å². The number of aromatic nitrogens is 2. The molecule has 3 rings (SSSR count). The topological polar surface area (TPSA) is 84.1 Å². The third kappa shape index (κ3) is 4.36. The lowest BCUT2D eigenvalue weighted by atomic mass is 10.1. The van der Waals surface area contributed by atoms with Gasteiger partial charge in [0.15, 0.2) is 12.3 Å². The SMILES string of the molecule is O=C(COC(=O)c1n[nH]c2ccccc12)NCCc1cccc(Cl)c1. The van der Waals surface area contributed by atoms with Gasteiger partial charge in [0.25, 0.3) is 5.91 Å². The fourth-order valence-corrected chi connectivity index (χ4v) is 2.62. The molecule has 0 spiro atoms. The predicted octanol–water partition coefficient (Wildman–Crippen LogP) is 2.73. The van der Waals surface area contributed by atoms with Crippen LogP contribution >= 0.6 is 11.6 Å². The summed E-state index contributed by atoms with van der Waals surface area (Å²) in [6, 6.07) is 14.6. The zero-order valence-corrected chi connectivity index (χ0v) is 14.0. The van der Waals surface area contributed by atoms with Crippen molar-refractivity contribution in [2.24, 2.45) is 0 Å². The largest absolute Gasteiger partial charge is 0.451 e. The highest BCUT2D eigenvalue weighted by Crippen LogP contribution is 2.15. The van der Waals surface area contributed by atoms with Crippen LogP contribution in [0.5, 0.6) is 0 Å². The summed E-state index contributed by atoms with van der Waals surface area (Å²) in [5, 5.41) is 10.7. The summed E-state index contributed by atoms with van der Waals surface area (Å²) in [4.78, 5) is 23.9. The number of rotatable bonds is 6. The second-order valence-corrected chi connectivity index (χ2v) is 5.86. The summed E-state index contributed by atoms with van der Waals surface area (Å²) in [6.07, 6.45) is 0.643. The number of aromatic amines is 1. The molecule has 0 saturated heterocycles. The minimum Gasteiger partial charge on any atom is -0.451 e. The minimum absolute atomic E-state index is 0.169. The Hall–Kier alpha value is -2.86. The van der Waals surface area contributed by atoms with Crippen LogP contribution in [0.4, 0.5) is 0 Å². The monoisotopic (exact) mass is 357 g/mol. The van der Waals surface area contributed by atoms with E-state index < -0.39 is 5.97 Å². The highest BCUT2D eigenvalue weighted by molar-refractivity contribution is 6.30. The van der Waals surface area contributed by atoms with E-state index in [1.807, 2.05) is 30.3 Å². The minimum atomic E-state index is -0.637. The third-order valence-corrected chi connectivity index (χ3v) is 3.86. The number of benzene rings is 2. The van der Waals surface area contributed by atoms with Crippen molar-refractivity contribution in [3.8, 4) is 0 Å². The number of halogens is 1. The van der Waals surface area contributed by atoms with E-state index >= 15 is 0 Å². The first-order valence-electron chi connectivity index (χ1n) is 7.75. The first-order valence-corrected chi connectivity index (χ1v) is 8.12. The molecule has 0 bridgehead atoms. The van der Waals surface area contributed by atoms with E-state index in [9.17, 15) is 9.59 Å². The standard InChI is InChI=1S/C18H16ClN3O3/c19-13-5-3-4-12(10-13)8-9-20-16(23)11-25-18(24)17-14-6-1-2-7-15(14)21-22-17/h1-7,10H,8-9,11H2,(H,20,23)(H,21,22). The Bertz CT molecular complexity index is 907. The molecule has 3 aromatic rings. The van der Waals surface area contributed by atoms with E-state index in [0.717, 1.165) is 11.1 Å². The molecule has 128 valence electrons. The fraction of sp³-hybridized carbons (Fsp3) is 0.167. The molecule has 0 aliphatic carbocycles. The smallest absolute Gasteiger partial charge is 0.359 e. The molecule has 7 heteroatoms. The van der Waals surface area contributed by atoms with Crippen LogP contribution in [0.2, 0.25) is 5.02 Å². The number of nitrogens with zero attached hydrogens (tertiary/aromatic N) is 1. The van der Waals surface area contributed by atoms with E-state index in [1.165, 1.54) is 0 Å². The molecule has 6 nitrogen and oxygen atoms in total. The van der Waals surface area contributed by atoms with E-state index in [4.69, 9.17) is 16.3 Å². The zero-order valence-electron chi connectivity index (χ0n) is 13.3. The van der Waals surface area contributed by atoms with Gasteiger partial charge in [0.2, 0.25) is 0 Å². The molecule has 2 N–H and O–H groups in total. The Morgan fingerprint density at radius 2 is 2.00 bits per heavy atom. The van der Waals surface area contributed by atoms with Crippen molar-refractivity contribution < 1.29 is 14.3 Å². The van der Waals surface area contributed by atoms with Crippen LogP contribution in [0.3, 0.4) is 0 Å². The van der Waals surface area contributed by atoms with Crippen molar-refractivity contribution in [3.63, 3.8) is 0 Å². The maximum absolute atomic E-state index is 12.1. The van der Waals surface area contributed by atoms with Gasteiger partial charge in [-0.15, -0.1) is 0 Å². The summed E-state index contributed by atoms with van der Waals surface area (Å²) < 4.78 is 5.02. The van der Waals surface area contributed by atoms with Crippen molar-refractivity contribution in [2.75, 3.05) is 13.2 Å². The molecule has 1 amide bonds. The van der Waals surface area contributed by atoms with Gasteiger partial charge in [-0.2, -0.15) is 5.10 Å². The van der Waals surface area contributed by atoms with Gasteiger partial charge in [-0.3, -0.25) is 9.89 Å². The number of carbonyl (C=O) groups is 2. The van der Waals surface area contributed by atoms with Crippen molar-refractivity contribution in [2.45, 2.75) is 6.42 Å². The van der Waals surface area contributed by atoms with Crippen LogP contribution in [-0.4, -0.2) is 35.2 Å².